The molecule has 0 aromatic rings. The second-order valence-electron chi connectivity index (χ2n) is 8.18. The van der Waals surface area contributed by atoms with Crippen molar-refractivity contribution in [3.63, 3.8) is 0 Å². The largest absolute Gasteiger partial charge is 0.480 e. The van der Waals surface area contributed by atoms with Crippen LogP contribution in [0, 0.1) is 5.92 Å². The van der Waals surface area contributed by atoms with Crippen LogP contribution in [0.25, 0.3) is 0 Å². The molecule has 8 heteroatoms. The number of allylic oxidation sites excluding steroid dienone is 6. The fourth-order valence-corrected chi connectivity index (χ4v) is 3.78. The van der Waals surface area contributed by atoms with Crippen molar-refractivity contribution < 1.29 is 29.0 Å². The van der Waals surface area contributed by atoms with Gasteiger partial charge in [0.05, 0.1) is 5.03 Å². The smallest absolute Gasteiger partial charge is 0.326 e. The highest BCUT2D eigenvalue weighted by Gasteiger charge is 2.52. The molecule has 0 saturated heterocycles. The van der Waals surface area contributed by atoms with Crippen LogP contribution in [-0.2, 0) is 23.9 Å². The summed E-state index contributed by atoms with van der Waals surface area (Å²) < 4.78 is 5.04. The number of fused-ring (bicyclic) bond motifs is 1. The van der Waals surface area contributed by atoms with Crippen LogP contribution in [0.4, 0.5) is 0 Å². The number of carbonyl (C=O) groups excluding carboxylic acids is 3. The molecule has 0 spiro atoms. The van der Waals surface area contributed by atoms with Crippen molar-refractivity contribution in [2.45, 2.75) is 59.6 Å². The molecular formula is C24H28ClNO6. The predicted octanol–water partition coefficient (Wildman–Crippen LogP) is 4.06. The molecule has 0 fully saturated rings. The SMILES string of the molecule is CC[C@H](C)/C=C(C)/C=C/C1=CC2=C(Cl)C(=O)[C@@](C)(OC(C)=O)C(=O)C2=CN1[C@@H](C)C(=O)O. The molecule has 32 heavy (non-hydrogen) atoms. The predicted molar refractivity (Wildman–Crippen MR) is 121 cm³/mol. The summed E-state index contributed by atoms with van der Waals surface area (Å²) >= 11 is 6.31. The third kappa shape index (κ3) is 4.93. The Morgan fingerprint density at radius 1 is 1.25 bits per heavy atom. The minimum atomic E-state index is -2.10. The van der Waals surface area contributed by atoms with Crippen molar-refractivity contribution in [2.24, 2.45) is 5.92 Å². The van der Waals surface area contributed by atoms with Crippen molar-refractivity contribution in [2.75, 3.05) is 0 Å². The standard InChI is InChI=1S/C24H28ClNO6/c1-7-13(2)10-14(3)8-9-17-11-18-19(12-26(17)15(4)23(30)31)21(28)24(6,32-16(5)27)22(29)20(18)25/h8-13,15H,7H2,1-6H3,(H,30,31)/b9-8+,14-10+/t13-,15-,24-/m0/s1. The normalized spacial score (nSPS) is 23.6. The summed E-state index contributed by atoms with van der Waals surface area (Å²) in [7, 11) is 0. The van der Waals surface area contributed by atoms with E-state index in [0.29, 0.717) is 11.6 Å². The van der Waals surface area contributed by atoms with E-state index in [1.807, 2.05) is 13.0 Å². The van der Waals surface area contributed by atoms with E-state index in [-0.39, 0.29) is 16.2 Å². The zero-order valence-corrected chi connectivity index (χ0v) is 19.8. The van der Waals surface area contributed by atoms with Crippen LogP contribution in [0.15, 0.2) is 58.0 Å². The number of esters is 1. The van der Waals surface area contributed by atoms with Gasteiger partial charge >= 0.3 is 11.9 Å². The van der Waals surface area contributed by atoms with Gasteiger partial charge in [-0.1, -0.05) is 49.6 Å². The number of halogens is 1. The molecule has 172 valence electrons. The van der Waals surface area contributed by atoms with Crippen LogP contribution < -0.4 is 0 Å². The van der Waals surface area contributed by atoms with E-state index in [0.717, 1.165) is 18.9 Å². The fraction of sp³-hybridized carbons (Fsp3) is 0.417. The van der Waals surface area contributed by atoms with Crippen molar-refractivity contribution in [3.8, 4) is 0 Å². The average molecular weight is 462 g/mol. The molecule has 2 rings (SSSR count). The molecule has 0 radical (unpaired) electrons. The number of ether oxygens (including phenoxy) is 1. The molecule has 1 N–H and O–H groups in total. The van der Waals surface area contributed by atoms with Crippen molar-refractivity contribution in [1.82, 2.24) is 4.90 Å². The number of hydrogen-bond acceptors (Lipinski definition) is 6. The molecule has 0 aromatic carbocycles. The number of carboxylic acids is 1. The summed E-state index contributed by atoms with van der Waals surface area (Å²) in [4.78, 5) is 50.6. The van der Waals surface area contributed by atoms with E-state index in [1.165, 1.54) is 31.0 Å². The second kappa shape index (κ2) is 9.69. The Labute approximate surface area is 192 Å². The number of Topliss-reactive ketones (excluding diaryl/α,β-unsaturated/α-hetero) is 2. The summed E-state index contributed by atoms with van der Waals surface area (Å²) in [5.41, 5.74) is -0.492. The van der Waals surface area contributed by atoms with Crippen LogP contribution in [0.2, 0.25) is 0 Å². The first-order valence-electron chi connectivity index (χ1n) is 10.3. The van der Waals surface area contributed by atoms with Gasteiger partial charge in [-0.25, -0.2) is 4.79 Å². The molecule has 0 aromatic heterocycles. The van der Waals surface area contributed by atoms with Crippen LogP contribution in [0.5, 0.6) is 0 Å². The van der Waals surface area contributed by atoms with Gasteiger partial charge in [0.25, 0.3) is 0 Å². The molecule has 0 unspecified atom stereocenters. The van der Waals surface area contributed by atoms with Gasteiger partial charge in [-0.2, -0.15) is 0 Å². The van der Waals surface area contributed by atoms with Crippen LogP contribution in [0.1, 0.15) is 48.0 Å². The second-order valence-corrected chi connectivity index (χ2v) is 8.55. The minimum Gasteiger partial charge on any atom is -0.480 e. The lowest BCUT2D eigenvalue weighted by atomic mass is 9.79. The summed E-state index contributed by atoms with van der Waals surface area (Å²) in [5, 5.41) is 9.33. The van der Waals surface area contributed by atoms with Gasteiger partial charge in [-0.15, -0.1) is 0 Å². The van der Waals surface area contributed by atoms with Gasteiger partial charge in [0.2, 0.25) is 17.2 Å². The van der Waals surface area contributed by atoms with E-state index < -0.39 is 35.1 Å². The van der Waals surface area contributed by atoms with Gasteiger partial charge in [0.1, 0.15) is 6.04 Å². The maximum atomic E-state index is 13.1. The highest BCUT2D eigenvalue weighted by Crippen LogP contribution is 2.40. The average Bonchev–Trinajstić information content (AvgIpc) is 2.73. The van der Waals surface area contributed by atoms with Gasteiger partial charge in [-0.05, 0) is 38.8 Å². The molecule has 1 aliphatic heterocycles. The third-order valence-corrected chi connectivity index (χ3v) is 5.90. The topological polar surface area (TPSA) is 101 Å². The quantitative estimate of drug-likeness (QED) is 0.346. The number of hydrogen-bond donors (Lipinski definition) is 1. The molecule has 2 aliphatic rings. The first-order valence-corrected chi connectivity index (χ1v) is 10.7. The van der Waals surface area contributed by atoms with E-state index in [2.05, 4.69) is 19.9 Å². The monoisotopic (exact) mass is 461 g/mol. The summed E-state index contributed by atoms with van der Waals surface area (Å²) in [6.45, 7) is 9.86. The number of ketones is 2. The Hall–Kier alpha value is -2.93. The first kappa shape index (κ1) is 25.3. The Morgan fingerprint density at radius 2 is 1.88 bits per heavy atom. The molecule has 7 nitrogen and oxygen atoms in total. The third-order valence-electron chi connectivity index (χ3n) is 5.53. The summed E-state index contributed by atoms with van der Waals surface area (Å²) in [6, 6.07) is -1.01. The molecule has 1 aliphatic carbocycles. The highest BCUT2D eigenvalue weighted by molar-refractivity contribution is 6.49. The molecule has 0 amide bonds. The maximum Gasteiger partial charge on any atom is 0.326 e. The highest BCUT2D eigenvalue weighted by atomic mass is 35.5. The number of carbonyl (C=O) groups is 4. The number of nitrogens with zero attached hydrogens (tertiary/aromatic N) is 1. The maximum absolute atomic E-state index is 13.1. The first-order chi connectivity index (χ1) is 14.8. The fourth-order valence-electron chi connectivity index (χ4n) is 3.45. The molecule has 3 atom stereocenters. The van der Waals surface area contributed by atoms with Crippen molar-refractivity contribution in [1.29, 1.82) is 0 Å². The van der Waals surface area contributed by atoms with Gasteiger partial charge in [-0.3, -0.25) is 14.4 Å². The van der Waals surface area contributed by atoms with E-state index in [1.54, 1.807) is 6.08 Å². The molecule has 0 bridgehead atoms. The molecule has 1 heterocycles. The van der Waals surface area contributed by atoms with Gasteiger partial charge < -0.3 is 14.7 Å². The number of rotatable bonds is 7. The van der Waals surface area contributed by atoms with Crippen LogP contribution >= 0.6 is 11.6 Å². The Kier molecular flexibility index (Phi) is 7.67. The number of aliphatic carboxylic acids is 1. The van der Waals surface area contributed by atoms with E-state index in [9.17, 15) is 24.3 Å². The zero-order valence-electron chi connectivity index (χ0n) is 19.1. The summed E-state index contributed by atoms with van der Waals surface area (Å²) in [5.74, 6) is -3.11. The summed E-state index contributed by atoms with van der Waals surface area (Å²) in [6.07, 6.45) is 9.48. The van der Waals surface area contributed by atoms with Crippen molar-refractivity contribution >= 4 is 35.1 Å². The van der Waals surface area contributed by atoms with Crippen LogP contribution in [0.3, 0.4) is 0 Å². The van der Waals surface area contributed by atoms with Gasteiger partial charge in [0, 0.05) is 30.0 Å². The molecular weight excluding hydrogens is 434 g/mol. The Morgan fingerprint density at radius 3 is 2.41 bits per heavy atom. The lowest BCUT2D eigenvalue weighted by Gasteiger charge is -2.36. The van der Waals surface area contributed by atoms with E-state index in [4.69, 9.17) is 16.3 Å². The lowest BCUT2D eigenvalue weighted by Crippen LogP contribution is -2.52. The molecule has 0 saturated carbocycles. The van der Waals surface area contributed by atoms with Crippen LogP contribution in [-0.4, -0.2) is 45.2 Å². The number of carboxylic acid groups (broad SMARTS) is 1. The zero-order chi connectivity index (χ0) is 24.4. The Balaban J connectivity index is 2.63. The van der Waals surface area contributed by atoms with E-state index >= 15 is 0 Å². The van der Waals surface area contributed by atoms with Gasteiger partial charge in [0.15, 0.2) is 0 Å². The van der Waals surface area contributed by atoms with Crippen molar-refractivity contribution in [3.05, 3.63) is 58.0 Å². The Bertz CT molecular complexity index is 1020. The lowest BCUT2D eigenvalue weighted by molar-refractivity contribution is -0.167. The minimum absolute atomic E-state index is 0.00969.